The summed E-state index contributed by atoms with van der Waals surface area (Å²) in [5.74, 6) is 10.8. The first-order chi connectivity index (χ1) is 9.21. The molecule has 5 heteroatoms. The quantitative estimate of drug-likeness (QED) is 0.604. The molecular formula is C14H28N2OS2. The maximum atomic E-state index is 6.18. The van der Waals surface area contributed by atoms with Gasteiger partial charge in [-0.25, -0.2) is 0 Å². The highest BCUT2D eigenvalue weighted by Crippen LogP contribution is 2.41. The van der Waals surface area contributed by atoms with E-state index in [2.05, 4.69) is 30.4 Å². The van der Waals surface area contributed by atoms with Crippen molar-refractivity contribution in [1.29, 1.82) is 0 Å². The lowest BCUT2D eigenvalue weighted by molar-refractivity contribution is -0.109. The number of hydrogen-bond donors (Lipinski definition) is 2. The average molecular weight is 305 g/mol. The SMILES string of the molecule is CSCC(C)C(NN)C1CCOC2(CCSCC2)C1. The predicted molar refractivity (Wildman–Crippen MR) is 86.6 cm³/mol. The van der Waals surface area contributed by atoms with Crippen LogP contribution in [-0.4, -0.2) is 41.8 Å². The van der Waals surface area contributed by atoms with Crippen LogP contribution in [0.25, 0.3) is 0 Å². The van der Waals surface area contributed by atoms with Gasteiger partial charge in [-0.15, -0.1) is 0 Å². The van der Waals surface area contributed by atoms with Crippen molar-refractivity contribution in [3.05, 3.63) is 0 Å². The summed E-state index contributed by atoms with van der Waals surface area (Å²) in [5, 5.41) is 0. The zero-order chi connectivity index (χ0) is 13.7. The molecule has 0 aliphatic carbocycles. The lowest BCUT2D eigenvalue weighted by atomic mass is 9.76. The zero-order valence-electron chi connectivity index (χ0n) is 12.2. The van der Waals surface area contributed by atoms with E-state index in [0.717, 1.165) is 13.0 Å². The van der Waals surface area contributed by atoms with E-state index in [4.69, 9.17) is 10.6 Å². The molecule has 0 bridgehead atoms. The summed E-state index contributed by atoms with van der Waals surface area (Å²) >= 11 is 3.98. The number of rotatable bonds is 5. The first-order valence-electron chi connectivity index (χ1n) is 7.37. The number of hydrogen-bond acceptors (Lipinski definition) is 5. The fraction of sp³-hybridized carbons (Fsp3) is 1.00. The lowest BCUT2D eigenvalue weighted by Gasteiger charge is -2.46. The lowest BCUT2D eigenvalue weighted by Crippen LogP contribution is -2.52. The van der Waals surface area contributed by atoms with Crippen molar-refractivity contribution in [3.63, 3.8) is 0 Å². The summed E-state index contributed by atoms with van der Waals surface area (Å²) in [6.45, 7) is 3.24. The third kappa shape index (κ3) is 4.03. The largest absolute Gasteiger partial charge is 0.375 e. The molecule has 3 nitrogen and oxygen atoms in total. The Morgan fingerprint density at radius 1 is 1.47 bits per heavy atom. The van der Waals surface area contributed by atoms with Gasteiger partial charge >= 0.3 is 0 Å². The van der Waals surface area contributed by atoms with Crippen molar-refractivity contribution < 1.29 is 4.74 Å². The van der Waals surface area contributed by atoms with Gasteiger partial charge in [0.1, 0.15) is 0 Å². The van der Waals surface area contributed by atoms with Crippen LogP contribution in [0.5, 0.6) is 0 Å². The monoisotopic (exact) mass is 304 g/mol. The second-order valence-electron chi connectivity index (χ2n) is 6.02. The number of nitrogens with two attached hydrogens (primary N) is 1. The van der Waals surface area contributed by atoms with Crippen molar-refractivity contribution in [3.8, 4) is 0 Å². The van der Waals surface area contributed by atoms with E-state index in [1.165, 1.54) is 36.5 Å². The standard InChI is InChI=1S/C14H28N2OS2/c1-11(10-18-2)13(16-15)12-3-6-17-14(9-12)4-7-19-8-5-14/h11-13,16H,3-10,15H2,1-2H3. The van der Waals surface area contributed by atoms with Gasteiger partial charge in [-0.1, -0.05) is 6.92 Å². The Morgan fingerprint density at radius 3 is 2.84 bits per heavy atom. The minimum atomic E-state index is 0.169. The molecule has 0 aromatic carbocycles. The highest BCUT2D eigenvalue weighted by molar-refractivity contribution is 7.99. The van der Waals surface area contributed by atoms with Gasteiger partial charge in [0.05, 0.1) is 5.60 Å². The van der Waals surface area contributed by atoms with Crippen molar-refractivity contribution >= 4 is 23.5 Å². The van der Waals surface area contributed by atoms with Crippen LogP contribution in [-0.2, 0) is 4.74 Å². The number of ether oxygens (including phenoxy) is 1. The van der Waals surface area contributed by atoms with Crippen LogP contribution < -0.4 is 11.3 Å². The van der Waals surface area contributed by atoms with Crippen LogP contribution >= 0.6 is 23.5 Å². The highest BCUT2D eigenvalue weighted by Gasteiger charge is 2.41. The highest BCUT2D eigenvalue weighted by atomic mass is 32.2. The molecule has 0 aromatic heterocycles. The minimum absolute atomic E-state index is 0.169. The third-order valence-corrected chi connectivity index (χ3v) is 6.52. The topological polar surface area (TPSA) is 47.3 Å². The van der Waals surface area contributed by atoms with Gasteiger partial charge in [0, 0.05) is 12.6 Å². The third-order valence-electron chi connectivity index (χ3n) is 4.68. The molecule has 112 valence electrons. The van der Waals surface area contributed by atoms with Crippen molar-refractivity contribution in [2.24, 2.45) is 17.7 Å². The van der Waals surface area contributed by atoms with Crippen LogP contribution in [0, 0.1) is 11.8 Å². The summed E-state index contributed by atoms with van der Waals surface area (Å²) in [6, 6.07) is 0.433. The number of nitrogens with one attached hydrogen (secondary N) is 1. The van der Waals surface area contributed by atoms with E-state index in [9.17, 15) is 0 Å². The Bertz CT molecular complexity index is 267. The smallest absolute Gasteiger partial charge is 0.0701 e. The molecule has 3 atom stereocenters. The molecule has 3 N–H and O–H groups in total. The first-order valence-corrected chi connectivity index (χ1v) is 9.92. The summed E-state index contributed by atoms with van der Waals surface area (Å²) in [7, 11) is 0. The summed E-state index contributed by atoms with van der Waals surface area (Å²) in [4.78, 5) is 0. The molecule has 3 unspecified atom stereocenters. The van der Waals surface area contributed by atoms with Gasteiger partial charge < -0.3 is 4.74 Å². The second-order valence-corrected chi connectivity index (χ2v) is 8.16. The van der Waals surface area contributed by atoms with Crippen LogP contribution in [0.15, 0.2) is 0 Å². The molecule has 2 aliphatic rings. The van der Waals surface area contributed by atoms with Crippen LogP contribution in [0.4, 0.5) is 0 Å². The van der Waals surface area contributed by atoms with Gasteiger partial charge in [0.25, 0.3) is 0 Å². The maximum Gasteiger partial charge on any atom is 0.0701 e. The van der Waals surface area contributed by atoms with Crippen LogP contribution in [0.1, 0.15) is 32.6 Å². The first kappa shape index (κ1) is 16.0. The number of hydrazine groups is 1. The molecule has 0 saturated carbocycles. The Hall–Kier alpha value is 0.580. The fourth-order valence-corrected chi connectivity index (χ4v) is 5.57. The molecule has 1 spiro atoms. The van der Waals surface area contributed by atoms with E-state index >= 15 is 0 Å². The van der Waals surface area contributed by atoms with Gasteiger partial charge in [-0.05, 0) is 61.0 Å². The van der Waals surface area contributed by atoms with E-state index in [0.29, 0.717) is 17.9 Å². The molecule has 2 saturated heterocycles. The Morgan fingerprint density at radius 2 is 2.21 bits per heavy atom. The van der Waals surface area contributed by atoms with Crippen LogP contribution in [0.3, 0.4) is 0 Å². The zero-order valence-corrected chi connectivity index (χ0v) is 13.8. The molecule has 0 radical (unpaired) electrons. The maximum absolute atomic E-state index is 6.18. The average Bonchev–Trinajstić information content (AvgIpc) is 2.41. The molecule has 2 fully saturated rings. The minimum Gasteiger partial charge on any atom is -0.375 e. The van der Waals surface area contributed by atoms with Crippen molar-refractivity contribution in [1.82, 2.24) is 5.43 Å². The second kappa shape index (κ2) is 7.55. The van der Waals surface area contributed by atoms with E-state index < -0.39 is 0 Å². The van der Waals surface area contributed by atoms with E-state index in [1.54, 1.807) is 0 Å². The van der Waals surface area contributed by atoms with Crippen molar-refractivity contribution in [2.75, 3.05) is 30.1 Å². The number of thioether (sulfide) groups is 2. The molecule has 2 rings (SSSR count). The van der Waals surface area contributed by atoms with Crippen LogP contribution in [0.2, 0.25) is 0 Å². The van der Waals surface area contributed by atoms with Gasteiger partial charge in [-0.3, -0.25) is 11.3 Å². The Kier molecular flexibility index (Phi) is 6.34. The van der Waals surface area contributed by atoms with Gasteiger partial charge in [0.15, 0.2) is 0 Å². The van der Waals surface area contributed by atoms with E-state index in [-0.39, 0.29) is 5.60 Å². The Balaban J connectivity index is 1.98. The molecule has 19 heavy (non-hydrogen) atoms. The summed E-state index contributed by atoms with van der Waals surface area (Å²) in [6.07, 6.45) is 6.97. The predicted octanol–water partition coefficient (Wildman–Crippen LogP) is 2.51. The molecule has 2 heterocycles. The Labute approximate surface area is 126 Å². The molecule has 0 amide bonds. The normalized spacial score (nSPS) is 30.2. The molecule has 2 aliphatic heterocycles. The summed E-state index contributed by atoms with van der Waals surface area (Å²) in [5.41, 5.74) is 3.27. The van der Waals surface area contributed by atoms with Crippen molar-refractivity contribution in [2.45, 2.75) is 44.2 Å². The fourth-order valence-electron chi connectivity index (χ4n) is 3.60. The molecular weight excluding hydrogens is 276 g/mol. The van der Waals surface area contributed by atoms with Gasteiger partial charge in [0.2, 0.25) is 0 Å². The summed E-state index contributed by atoms with van der Waals surface area (Å²) < 4.78 is 6.18. The van der Waals surface area contributed by atoms with Gasteiger partial charge in [-0.2, -0.15) is 23.5 Å². The van der Waals surface area contributed by atoms with E-state index in [1.807, 2.05) is 11.8 Å². The molecule has 0 aromatic rings.